The van der Waals surface area contributed by atoms with Crippen LogP contribution < -0.4 is 5.32 Å². The Morgan fingerprint density at radius 3 is 2.24 bits per heavy atom. The van der Waals surface area contributed by atoms with Gasteiger partial charge in [-0.15, -0.1) is 0 Å². The summed E-state index contributed by atoms with van der Waals surface area (Å²) in [5.74, 6) is -2.03. The highest BCUT2D eigenvalue weighted by Crippen LogP contribution is 2.10. The number of hydrogen-bond acceptors (Lipinski definition) is 2. The van der Waals surface area contributed by atoms with E-state index in [0.29, 0.717) is 5.56 Å². The quantitative estimate of drug-likeness (QED) is 0.790. The van der Waals surface area contributed by atoms with E-state index >= 15 is 0 Å². The lowest BCUT2D eigenvalue weighted by atomic mass is 10.0. The Bertz CT molecular complexity index is 431. The number of nitrogens with one attached hydrogen (secondary N) is 1. The van der Waals surface area contributed by atoms with Crippen LogP contribution in [0, 0.1) is 11.6 Å². The second-order valence-electron chi connectivity index (χ2n) is 3.85. The van der Waals surface area contributed by atoms with Crippen molar-refractivity contribution < 1.29 is 18.4 Å². The topological polar surface area (TPSA) is 46.2 Å². The fourth-order valence-corrected chi connectivity index (χ4v) is 1.51. The smallest absolute Gasteiger partial charge is 0.215 e. The molecule has 1 atom stereocenters. The van der Waals surface area contributed by atoms with Crippen molar-refractivity contribution in [1.29, 1.82) is 0 Å². The third-order valence-corrected chi connectivity index (χ3v) is 2.23. The van der Waals surface area contributed by atoms with Gasteiger partial charge in [-0.3, -0.25) is 9.59 Å². The van der Waals surface area contributed by atoms with Gasteiger partial charge in [-0.05, 0) is 31.0 Å². The van der Waals surface area contributed by atoms with Crippen LogP contribution in [0.5, 0.6) is 0 Å². The van der Waals surface area contributed by atoms with Gasteiger partial charge in [0.2, 0.25) is 7.85 Å². The summed E-state index contributed by atoms with van der Waals surface area (Å²) in [6.07, 6.45) is 0.0730. The fraction of sp³-hybridized carbons (Fsp3) is 0.273. The number of ketones is 1. The molecule has 1 aromatic carbocycles. The summed E-state index contributed by atoms with van der Waals surface area (Å²) in [4.78, 5) is 22.1. The third-order valence-electron chi connectivity index (χ3n) is 2.23. The molecule has 1 rings (SSSR count). The second-order valence-corrected chi connectivity index (χ2v) is 3.85. The van der Waals surface area contributed by atoms with Crippen LogP contribution >= 0.6 is 0 Å². The molecular formula is C11H12BF2NO2. The van der Waals surface area contributed by atoms with Gasteiger partial charge in [0.05, 0.1) is 6.04 Å². The first-order valence-electron chi connectivity index (χ1n) is 5.11. The Hall–Kier alpha value is -1.72. The van der Waals surface area contributed by atoms with E-state index in [1.54, 1.807) is 0 Å². The van der Waals surface area contributed by atoms with Crippen molar-refractivity contribution in [2.45, 2.75) is 19.4 Å². The SMILES string of the molecule is BC(=O)N[C@@H](Cc1cc(F)cc(F)c1)C(C)=O. The molecule has 0 fully saturated rings. The lowest BCUT2D eigenvalue weighted by Gasteiger charge is -2.15. The molecule has 0 aliphatic heterocycles. The van der Waals surface area contributed by atoms with Crippen LogP contribution in [-0.2, 0) is 11.2 Å². The van der Waals surface area contributed by atoms with Gasteiger partial charge in [0, 0.05) is 6.07 Å². The zero-order chi connectivity index (χ0) is 13.0. The highest BCUT2D eigenvalue weighted by Gasteiger charge is 2.16. The van der Waals surface area contributed by atoms with Crippen LogP contribution in [0.4, 0.5) is 13.6 Å². The summed E-state index contributed by atoms with van der Waals surface area (Å²) in [5.41, 5.74) is 0.330. The number of carbonyl (C=O) groups excluding carboxylic acids is 2. The largest absolute Gasteiger partial charge is 0.355 e. The maximum Gasteiger partial charge on any atom is 0.215 e. The second kappa shape index (κ2) is 5.56. The third kappa shape index (κ3) is 4.34. The number of benzene rings is 1. The van der Waals surface area contributed by atoms with E-state index in [0.717, 1.165) is 18.2 Å². The summed E-state index contributed by atoms with van der Waals surface area (Å²) >= 11 is 0. The van der Waals surface area contributed by atoms with Gasteiger partial charge in [-0.1, -0.05) is 0 Å². The van der Waals surface area contributed by atoms with Gasteiger partial charge in [-0.25, -0.2) is 8.78 Å². The van der Waals surface area contributed by atoms with E-state index in [1.165, 1.54) is 14.8 Å². The molecule has 0 aromatic heterocycles. The normalized spacial score (nSPS) is 11.9. The van der Waals surface area contributed by atoms with Gasteiger partial charge < -0.3 is 5.32 Å². The summed E-state index contributed by atoms with van der Waals surface area (Å²) in [5, 5.41) is 2.43. The molecule has 0 aliphatic carbocycles. The fourth-order valence-electron chi connectivity index (χ4n) is 1.51. The molecule has 6 heteroatoms. The van der Waals surface area contributed by atoms with Crippen molar-refractivity contribution in [3.05, 3.63) is 35.4 Å². The van der Waals surface area contributed by atoms with Crippen molar-refractivity contribution >= 4 is 19.4 Å². The highest BCUT2D eigenvalue weighted by molar-refractivity contribution is 6.57. The summed E-state index contributed by atoms with van der Waals surface area (Å²) < 4.78 is 25.9. The van der Waals surface area contributed by atoms with Gasteiger partial charge in [0.25, 0.3) is 0 Å². The first-order chi connectivity index (χ1) is 7.88. The van der Waals surface area contributed by atoms with Crippen molar-refractivity contribution in [2.75, 3.05) is 0 Å². The molecule has 3 nitrogen and oxygen atoms in total. The summed E-state index contributed by atoms with van der Waals surface area (Å²) in [6.45, 7) is 1.32. The first-order valence-corrected chi connectivity index (χ1v) is 5.11. The van der Waals surface area contributed by atoms with Crippen LogP contribution in [0.15, 0.2) is 18.2 Å². The predicted molar refractivity (Wildman–Crippen MR) is 61.6 cm³/mol. The van der Waals surface area contributed by atoms with Crippen LogP contribution in [-0.4, -0.2) is 25.5 Å². The van der Waals surface area contributed by atoms with Crippen molar-refractivity contribution in [2.24, 2.45) is 0 Å². The van der Waals surface area contributed by atoms with Gasteiger partial charge in [0.1, 0.15) is 11.6 Å². The highest BCUT2D eigenvalue weighted by atomic mass is 19.1. The molecule has 0 unspecified atom stereocenters. The van der Waals surface area contributed by atoms with E-state index < -0.39 is 17.7 Å². The Balaban J connectivity index is 2.85. The number of amides is 1. The lowest BCUT2D eigenvalue weighted by molar-refractivity contribution is -0.118. The molecule has 0 saturated heterocycles. The Kier molecular flexibility index (Phi) is 4.37. The Morgan fingerprint density at radius 1 is 1.29 bits per heavy atom. The minimum absolute atomic E-state index is 0.0730. The van der Waals surface area contributed by atoms with Crippen LogP contribution in [0.1, 0.15) is 12.5 Å². The average molecular weight is 239 g/mol. The van der Waals surface area contributed by atoms with E-state index in [1.807, 2.05) is 0 Å². The first kappa shape index (κ1) is 13.4. The van der Waals surface area contributed by atoms with Crippen molar-refractivity contribution in [3.63, 3.8) is 0 Å². The van der Waals surface area contributed by atoms with Crippen LogP contribution in [0.3, 0.4) is 0 Å². The number of hydrogen-bond donors (Lipinski definition) is 1. The van der Waals surface area contributed by atoms with E-state index in [2.05, 4.69) is 5.32 Å². The van der Waals surface area contributed by atoms with Gasteiger partial charge in [-0.2, -0.15) is 0 Å². The number of rotatable bonds is 4. The number of Topliss-reactive ketones (excluding diaryl/α,β-unsaturated/α-hetero) is 1. The van der Waals surface area contributed by atoms with Gasteiger partial charge in [0.15, 0.2) is 11.6 Å². The molecule has 1 aromatic rings. The van der Waals surface area contributed by atoms with E-state index in [4.69, 9.17) is 0 Å². The molecule has 0 saturated carbocycles. The molecule has 0 aliphatic rings. The molecule has 1 amide bonds. The molecular weight excluding hydrogens is 227 g/mol. The van der Waals surface area contributed by atoms with E-state index in [9.17, 15) is 18.4 Å². The van der Waals surface area contributed by atoms with Gasteiger partial charge >= 0.3 is 0 Å². The molecule has 90 valence electrons. The minimum atomic E-state index is -0.756. The Labute approximate surface area is 98.6 Å². The number of carbonyl (C=O) groups is 2. The molecule has 0 bridgehead atoms. The maximum absolute atomic E-state index is 12.9. The monoisotopic (exact) mass is 239 g/mol. The molecule has 17 heavy (non-hydrogen) atoms. The average Bonchev–Trinajstić information content (AvgIpc) is 2.13. The summed E-state index contributed by atoms with van der Waals surface area (Å²) in [7, 11) is 1.28. The van der Waals surface area contributed by atoms with Crippen LogP contribution in [0.25, 0.3) is 0 Å². The number of halogens is 2. The summed E-state index contributed by atoms with van der Waals surface area (Å²) in [6, 6.07) is 2.28. The molecule has 0 heterocycles. The minimum Gasteiger partial charge on any atom is -0.355 e. The molecule has 0 radical (unpaired) electrons. The zero-order valence-electron chi connectivity index (χ0n) is 9.59. The molecule has 1 N–H and O–H groups in total. The lowest BCUT2D eigenvalue weighted by Crippen LogP contribution is -2.40. The van der Waals surface area contributed by atoms with Crippen molar-refractivity contribution in [1.82, 2.24) is 5.32 Å². The van der Waals surface area contributed by atoms with Crippen molar-refractivity contribution in [3.8, 4) is 0 Å². The standard InChI is InChI=1S/C11H12BF2NO2/c1-6(16)10(15-11(12)17)4-7-2-8(13)5-9(14)3-7/h2-3,5,10H,4,12H2,1H3,(H,15,17)/t10-/m0/s1. The predicted octanol–water partition coefficient (Wildman–Crippen LogP) is 0.808. The maximum atomic E-state index is 12.9. The Morgan fingerprint density at radius 2 is 1.82 bits per heavy atom. The zero-order valence-corrected chi connectivity index (χ0v) is 9.59. The molecule has 0 spiro atoms. The van der Waals surface area contributed by atoms with E-state index in [-0.39, 0.29) is 18.0 Å². The van der Waals surface area contributed by atoms with Crippen LogP contribution in [0.2, 0.25) is 0 Å².